The van der Waals surface area contributed by atoms with Crippen LogP contribution in [0.1, 0.15) is 0 Å². The van der Waals surface area contributed by atoms with Crippen molar-refractivity contribution in [2.24, 2.45) is 0 Å². The van der Waals surface area contributed by atoms with Gasteiger partial charge in [0.2, 0.25) is 0 Å². The summed E-state index contributed by atoms with van der Waals surface area (Å²) in [5, 5.41) is 0.729. The molecule has 1 aromatic carbocycles. The van der Waals surface area contributed by atoms with E-state index in [-0.39, 0.29) is 25.8 Å². The van der Waals surface area contributed by atoms with Gasteiger partial charge in [-0.05, 0) is 11.7 Å². The summed E-state index contributed by atoms with van der Waals surface area (Å²) < 4.78 is 0. The van der Waals surface area contributed by atoms with Crippen LogP contribution >= 0.6 is 46.4 Å². The minimum absolute atomic E-state index is 0.0377. The molecule has 1 aliphatic rings. The van der Waals surface area contributed by atoms with E-state index >= 15 is 0 Å². The van der Waals surface area contributed by atoms with E-state index in [1.54, 1.807) is 0 Å². The van der Waals surface area contributed by atoms with Gasteiger partial charge in [0.05, 0.1) is 20.1 Å². The number of halogens is 4. The number of benzene rings is 1. The number of rotatable bonds is 1. The molecule has 6 nitrogen and oxygen atoms in total. The fourth-order valence-electron chi connectivity index (χ4n) is 1.09. The van der Waals surface area contributed by atoms with Gasteiger partial charge in [0, 0.05) is 0 Å². The summed E-state index contributed by atoms with van der Waals surface area (Å²) in [5.74, 6) is -2.47. The van der Waals surface area contributed by atoms with E-state index in [0.717, 1.165) is 0 Å². The standard InChI is InChI=1S/C8H2Cl4N2O4/c9-2-1-3(10)5(12)6(4(2)11)14-13-17-7(15)8(16)18-14/h1,13H. The third-order valence-corrected chi connectivity index (χ3v) is 3.41. The average Bonchev–Trinajstić information content (AvgIpc) is 2.31. The van der Waals surface area contributed by atoms with Crippen molar-refractivity contribution in [3.8, 4) is 0 Å². The van der Waals surface area contributed by atoms with Gasteiger partial charge in [0.1, 0.15) is 5.69 Å². The fraction of sp³-hybridized carbons (Fsp3) is 0. The first kappa shape index (κ1) is 13.5. The molecule has 1 saturated heterocycles. The molecule has 2 rings (SSSR count). The number of carbonyl (C=O) groups is 2. The molecule has 0 radical (unpaired) electrons. The first-order chi connectivity index (χ1) is 8.41. The van der Waals surface area contributed by atoms with Gasteiger partial charge in [-0.25, -0.2) is 9.59 Å². The third-order valence-electron chi connectivity index (χ3n) is 1.85. The van der Waals surface area contributed by atoms with E-state index in [0.29, 0.717) is 5.17 Å². The Bertz CT molecular complexity index is 524. The largest absolute Gasteiger partial charge is 0.444 e. The lowest BCUT2D eigenvalue weighted by Crippen LogP contribution is -2.49. The van der Waals surface area contributed by atoms with Gasteiger partial charge in [0.25, 0.3) is 0 Å². The molecule has 1 fully saturated rings. The van der Waals surface area contributed by atoms with Crippen LogP contribution in [0.5, 0.6) is 0 Å². The molecule has 1 aliphatic heterocycles. The summed E-state index contributed by atoms with van der Waals surface area (Å²) >= 11 is 23.4. The number of hydrogen-bond acceptors (Lipinski definition) is 6. The molecule has 0 bridgehead atoms. The molecule has 1 N–H and O–H groups in total. The molecule has 1 aromatic rings. The Kier molecular flexibility index (Phi) is 3.74. The zero-order chi connectivity index (χ0) is 13.4. The van der Waals surface area contributed by atoms with E-state index in [1.807, 2.05) is 5.59 Å². The second-order valence-electron chi connectivity index (χ2n) is 2.97. The Labute approximate surface area is 120 Å². The van der Waals surface area contributed by atoms with E-state index in [9.17, 15) is 9.59 Å². The van der Waals surface area contributed by atoms with Crippen molar-refractivity contribution in [3.05, 3.63) is 26.2 Å². The van der Waals surface area contributed by atoms with Gasteiger partial charge < -0.3 is 9.68 Å². The zero-order valence-electron chi connectivity index (χ0n) is 8.17. The van der Waals surface area contributed by atoms with Crippen LogP contribution in [0.4, 0.5) is 5.69 Å². The second-order valence-corrected chi connectivity index (χ2v) is 4.54. The Morgan fingerprint density at radius 3 is 2.06 bits per heavy atom. The van der Waals surface area contributed by atoms with E-state index < -0.39 is 11.9 Å². The van der Waals surface area contributed by atoms with Crippen LogP contribution in [0.2, 0.25) is 20.1 Å². The fourth-order valence-corrected chi connectivity index (χ4v) is 2.05. The van der Waals surface area contributed by atoms with Crippen molar-refractivity contribution in [1.82, 2.24) is 5.59 Å². The van der Waals surface area contributed by atoms with Crippen molar-refractivity contribution >= 4 is 64.0 Å². The summed E-state index contributed by atoms with van der Waals surface area (Å²) in [7, 11) is 0. The van der Waals surface area contributed by atoms with Crippen molar-refractivity contribution in [1.29, 1.82) is 0 Å². The lowest BCUT2D eigenvalue weighted by atomic mass is 10.3. The van der Waals surface area contributed by atoms with Gasteiger partial charge in [-0.15, -0.1) is 0 Å². The van der Waals surface area contributed by atoms with Crippen LogP contribution in [0, 0.1) is 0 Å². The number of hydrazine groups is 1. The highest BCUT2D eigenvalue weighted by molar-refractivity contribution is 6.50. The van der Waals surface area contributed by atoms with Crippen LogP contribution in [0.15, 0.2) is 6.07 Å². The summed E-state index contributed by atoms with van der Waals surface area (Å²) in [6, 6.07) is 1.31. The maximum absolute atomic E-state index is 11.0. The molecule has 96 valence electrons. The number of nitrogens with one attached hydrogen (secondary N) is 1. The van der Waals surface area contributed by atoms with Crippen molar-refractivity contribution in [2.75, 3.05) is 5.17 Å². The molecule has 18 heavy (non-hydrogen) atoms. The minimum atomic E-state index is -1.25. The lowest BCUT2D eigenvalue weighted by molar-refractivity contribution is -0.192. The highest BCUT2D eigenvalue weighted by Crippen LogP contribution is 2.43. The van der Waals surface area contributed by atoms with Crippen LogP contribution in [-0.2, 0) is 19.3 Å². The monoisotopic (exact) mass is 330 g/mol. The Hall–Kier alpha value is -0.920. The van der Waals surface area contributed by atoms with Gasteiger partial charge in [-0.2, -0.15) is 0 Å². The van der Waals surface area contributed by atoms with Crippen molar-refractivity contribution in [3.63, 3.8) is 0 Å². The van der Waals surface area contributed by atoms with E-state index in [4.69, 9.17) is 46.4 Å². The van der Waals surface area contributed by atoms with Crippen molar-refractivity contribution in [2.45, 2.75) is 0 Å². The molecular weight excluding hydrogens is 330 g/mol. The smallest absolute Gasteiger partial charge is 0.338 e. The van der Waals surface area contributed by atoms with Crippen LogP contribution < -0.4 is 10.8 Å². The predicted molar refractivity (Wildman–Crippen MR) is 64.3 cm³/mol. The second kappa shape index (κ2) is 4.99. The molecule has 0 unspecified atom stereocenters. The highest BCUT2D eigenvalue weighted by atomic mass is 35.5. The van der Waals surface area contributed by atoms with Crippen LogP contribution in [-0.4, -0.2) is 11.9 Å². The topological polar surface area (TPSA) is 67.9 Å². The van der Waals surface area contributed by atoms with E-state index in [1.165, 1.54) is 6.07 Å². The van der Waals surface area contributed by atoms with Gasteiger partial charge in [-0.3, -0.25) is 0 Å². The molecule has 0 aromatic heterocycles. The lowest BCUT2D eigenvalue weighted by Gasteiger charge is -2.27. The summed E-state index contributed by atoms with van der Waals surface area (Å²) in [6.07, 6.45) is 0. The molecule has 0 aliphatic carbocycles. The SMILES string of the molecule is O=C1ONN(c2c(Cl)c(Cl)cc(Cl)c2Cl)OC1=O. The summed E-state index contributed by atoms with van der Waals surface area (Å²) in [5.41, 5.74) is 1.95. The van der Waals surface area contributed by atoms with Gasteiger partial charge in [0.15, 0.2) is 0 Å². The maximum atomic E-state index is 11.0. The molecule has 0 amide bonds. The Balaban J connectivity index is 2.45. The van der Waals surface area contributed by atoms with Gasteiger partial charge in [-0.1, -0.05) is 51.6 Å². The van der Waals surface area contributed by atoms with Crippen molar-refractivity contribution < 1.29 is 19.3 Å². The zero-order valence-corrected chi connectivity index (χ0v) is 11.2. The molecule has 0 atom stereocenters. The molecule has 1 heterocycles. The maximum Gasteiger partial charge on any atom is 0.444 e. The molecular formula is C8H2Cl4N2O4. The average molecular weight is 332 g/mol. The number of carbonyl (C=O) groups excluding carboxylic acids is 2. The molecule has 0 saturated carbocycles. The Morgan fingerprint density at radius 1 is 1.00 bits per heavy atom. The molecule has 10 heteroatoms. The Morgan fingerprint density at radius 2 is 1.56 bits per heavy atom. The minimum Gasteiger partial charge on any atom is -0.338 e. The third kappa shape index (κ3) is 2.30. The quantitative estimate of drug-likeness (QED) is 0.630. The normalized spacial score (nSPS) is 15.4. The predicted octanol–water partition coefficient (Wildman–Crippen LogP) is 2.54. The van der Waals surface area contributed by atoms with Crippen LogP contribution in [0.25, 0.3) is 0 Å². The van der Waals surface area contributed by atoms with E-state index in [2.05, 4.69) is 9.68 Å². The van der Waals surface area contributed by atoms with Crippen LogP contribution in [0.3, 0.4) is 0 Å². The number of nitrogens with zero attached hydrogens (tertiary/aromatic N) is 1. The number of anilines is 1. The first-order valence-corrected chi connectivity index (χ1v) is 5.75. The highest BCUT2D eigenvalue weighted by Gasteiger charge is 2.32. The number of hydrogen-bond donors (Lipinski definition) is 1. The summed E-state index contributed by atoms with van der Waals surface area (Å²) in [6.45, 7) is 0. The van der Waals surface area contributed by atoms with Gasteiger partial charge >= 0.3 is 11.9 Å². The first-order valence-electron chi connectivity index (χ1n) is 4.23. The summed E-state index contributed by atoms with van der Waals surface area (Å²) in [4.78, 5) is 30.7. The molecule has 0 spiro atoms.